The highest BCUT2D eigenvalue weighted by Crippen LogP contribution is 2.27. The fourth-order valence-corrected chi connectivity index (χ4v) is 2.50. The lowest BCUT2D eigenvalue weighted by Crippen LogP contribution is -2.62. The Labute approximate surface area is 124 Å². The van der Waals surface area contributed by atoms with Crippen LogP contribution in [0.25, 0.3) is 0 Å². The number of carbonyl (C=O) groups is 2. The number of hydrogen-bond acceptors (Lipinski definition) is 5. The van der Waals surface area contributed by atoms with Gasteiger partial charge in [-0.2, -0.15) is 0 Å². The molecular weight excluding hydrogens is 270 g/mol. The van der Waals surface area contributed by atoms with Crippen LogP contribution in [0.5, 0.6) is 0 Å². The van der Waals surface area contributed by atoms with Crippen LogP contribution in [0.2, 0.25) is 0 Å². The number of pyridine rings is 1. The molecule has 6 nitrogen and oxygen atoms in total. The minimum atomic E-state index is -0.647. The minimum Gasteiger partial charge on any atom is -0.462 e. The van der Waals surface area contributed by atoms with Crippen LogP contribution in [-0.2, 0) is 9.53 Å². The second kappa shape index (κ2) is 5.71. The maximum atomic E-state index is 12.3. The summed E-state index contributed by atoms with van der Waals surface area (Å²) in [7, 11) is 1.80. The molecule has 1 aromatic heterocycles. The molecule has 1 amide bonds. The van der Waals surface area contributed by atoms with E-state index in [2.05, 4.69) is 4.98 Å². The number of anilines is 1. The Morgan fingerprint density at radius 2 is 2.10 bits per heavy atom. The van der Waals surface area contributed by atoms with Gasteiger partial charge in [0.05, 0.1) is 12.2 Å². The third-order valence-electron chi connectivity index (χ3n) is 3.74. The molecule has 0 bridgehead atoms. The Balaban J connectivity index is 2.22. The molecule has 114 valence electrons. The highest BCUT2D eigenvalue weighted by molar-refractivity contribution is 5.91. The highest BCUT2D eigenvalue weighted by Gasteiger charge is 2.41. The molecule has 0 aliphatic carbocycles. The van der Waals surface area contributed by atoms with Crippen molar-refractivity contribution in [3.8, 4) is 0 Å². The molecule has 2 heterocycles. The predicted octanol–water partition coefficient (Wildman–Crippen LogP) is 1.32. The molecule has 0 spiro atoms. The zero-order chi connectivity index (χ0) is 15.6. The van der Waals surface area contributed by atoms with E-state index < -0.39 is 5.54 Å². The zero-order valence-electron chi connectivity index (χ0n) is 12.9. The number of hydrogen-bond donors (Lipinski definition) is 0. The summed E-state index contributed by atoms with van der Waals surface area (Å²) < 4.78 is 4.93. The summed E-state index contributed by atoms with van der Waals surface area (Å²) in [6, 6.07) is 3.44. The molecule has 0 radical (unpaired) electrons. The molecular formula is C15H21N3O3. The van der Waals surface area contributed by atoms with Gasteiger partial charge in [-0.25, -0.2) is 9.78 Å². The van der Waals surface area contributed by atoms with Gasteiger partial charge in [0.25, 0.3) is 0 Å². The van der Waals surface area contributed by atoms with Gasteiger partial charge in [-0.15, -0.1) is 0 Å². The molecule has 0 unspecified atom stereocenters. The van der Waals surface area contributed by atoms with E-state index in [1.54, 1.807) is 31.0 Å². The Bertz CT molecular complexity index is 540. The van der Waals surface area contributed by atoms with Gasteiger partial charge in [-0.3, -0.25) is 4.79 Å². The van der Waals surface area contributed by atoms with Crippen LogP contribution in [0.15, 0.2) is 18.3 Å². The van der Waals surface area contributed by atoms with Crippen molar-refractivity contribution in [3.05, 3.63) is 23.9 Å². The van der Waals surface area contributed by atoms with Gasteiger partial charge in [-0.05, 0) is 32.9 Å². The summed E-state index contributed by atoms with van der Waals surface area (Å²) in [5.41, 5.74) is -0.232. The van der Waals surface area contributed by atoms with Crippen molar-refractivity contribution >= 4 is 17.7 Å². The molecule has 1 aliphatic rings. The summed E-state index contributed by atoms with van der Waals surface area (Å²) in [6.45, 7) is 7.22. The molecule has 21 heavy (non-hydrogen) atoms. The Morgan fingerprint density at radius 1 is 1.38 bits per heavy atom. The summed E-state index contributed by atoms with van der Waals surface area (Å²) >= 11 is 0. The van der Waals surface area contributed by atoms with E-state index in [0.717, 1.165) is 0 Å². The summed E-state index contributed by atoms with van der Waals surface area (Å²) in [6.07, 6.45) is 1.49. The third kappa shape index (κ3) is 2.84. The van der Waals surface area contributed by atoms with Gasteiger partial charge in [-0.1, -0.05) is 0 Å². The fraction of sp³-hybridized carbons (Fsp3) is 0.533. The Kier molecular flexibility index (Phi) is 4.16. The molecule has 6 heteroatoms. The molecule has 1 aromatic rings. The van der Waals surface area contributed by atoms with Gasteiger partial charge >= 0.3 is 5.97 Å². The van der Waals surface area contributed by atoms with Gasteiger partial charge in [0.15, 0.2) is 0 Å². The lowest BCUT2D eigenvalue weighted by atomic mass is 9.98. The average molecular weight is 291 g/mol. The number of amides is 1. The molecule has 2 rings (SSSR count). The second-order valence-electron chi connectivity index (χ2n) is 5.56. The summed E-state index contributed by atoms with van der Waals surface area (Å²) in [5.74, 6) is 0.366. The molecule has 1 fully saturated rings. The number of nitrogens with zero attached hydrogens (tertiary/aromatic N) is 3. The number of aromatic nitrogens is 1. The molecule has 0 saturated carbocycles. The van der Waals surface area contributed by atoms with E-state index in [9.17, 15) is 9.59 Å². The van der Waals surface area contributed by atoms with E-state index in [-0.39, 0.29) is 11.9 Å². The molecule has 1 aliphatic heterocycles. The van der Waals surface area contributed by atoms with Crippen molar-refractivity contribution < 1.29 is 14.3 Å². The number of rotatable bonds is 3. The number of likely N-dealkylation sites (N-methyl/N-ethyl adjacent to an activating group) is 1. The van der Waals surface area contributed by atoms with Gasteiger partial charge in [0.1, 0.15) is 11.4 Å². The van der Waals surface area contributed by atoms with E-state index in [4.69, 9.17) is 4.74 Å². The van der Waals surface area contributed by atoms with Crippen molar-refractivity contribution in [1.82, 2.24) is 9.88 Å². The normalized spacial score (nSPS) is 17.8. The van der Waals surface area contributed by atoms with Crippen LogP contribution in [0.1, 0.15) is 31.1 Å². The van der Waals surface area contributed by atoms with Crippen molar-refractivity contribution in [3.63, 3.8) is 0 Å². The largest absolute Gasteiger partial charge is 0.462 e. The quantitative estimate of drug-likeness (QED) is 0.786. The summed E-state index contributed by atoms with van der Waals surface area (Å²) in [4.78, 5) is 31.9. The van der Waals surface area contributed by atoms with Crippen LogP contribution >= 0.6 is 0 Å². The molecule has 1 saturated heterocycles. The minimum absolute atomic E-state index is 0.0602. The van der Waals surface area contributed by atoms with Crippen molar-refractivity contribution in [1.29, 1.82) is 0 Å². The molecule has 0 aromatic carbocycles. The second-order valence-corrected chi connectivity index (χ2v) is 5.56. The topological polar surface area (TPSA) is 62.7 Å². The first-order chi connectivity index (χ1) is 9.87. The van der Waals surface area contributed by atoms with Gasteiger partial charge in [0.2, 0.25) is 5.91 Å². The highest BCUT2D eigenvalue weighted by atomic mass is 16.5. The first-order valence-corrected chi connectivity index (χ1v) is 7.04. The van der Waals surface area contributed by atoms with Crippen LogP contribution in [-0.4, -0.2) is 54.0 Å². The van der Waals surface area contributed by atoms with Crippen molar-refractivity contribution in [2.75, 3.05) is 31.6 Å². The number of piperazine rings is 1. The molecule has 0 N–H and O–H groups in total. The zero-order valence-corrected chi connectivity index (χ0v) is 12.9. The van der Waals surface area contributed by atoms with E-state index in [0.29, 0.717) is 31.1 Å². The molecule has 0 atom stereocenters. The van der Waals surface area contributed by atoms with E-state index in [1.165, 1.54) is 6.20 Å². The van der Waals surface area contributed by atoms with Gasteiger partial charge < -0.3 is 14.5 Å². The van der Waals surface area contributed by atoms with Crippen LogP contribution in [0, 0.1) is 0 Å². The number of carbonyl (C=O) groups excluding carboxylic acids is 2. The SMILES string of the molecule is CCOC(=O)c1ccc(N2CCN(C)C(=O)C2(C)C)nc1. The van der Waals surface area contributed by atoms with Crippen molar-refractivity contribution in [2.45, 2.75) is 26.3 Å². The van der Waals surface area contributed by atoms with Crippen LogP contribution < -0.4 is 4.90 Å². The van der Waals surface area contributed by atoms with Crippen LogP contribution in [0.4, 0.5) is 5.82 Å². The third-order valence-corrected chi connectivity index (χ3v) is 3.74. The maximum Gasteiger partial charge on any atom is 0.339 e. The summed E-state index contributed by atoms with van der Waals surface area (Å²) in [5, 5.41) is 0. The first kappa shape index (κ1) is 15.3. The number of esters is 1. The predicted molar refractivity (Wildman–Crippen MR) is 79.3 cm³/mol. The lowest BCUT2D eigenvalue weighted by Gasteiger charge is -2.45. The standard InChI is InChI=1S/C15H21N3O3/c1-5-21-13(19)11-6-7-12(16-10-11)18-9-8-17(4)14(20)15(18,2)3/h6-7,10H,5,8-9H2,1-4H3. The fourth-order valence-electron chi connectivity index (χ4n) is 2.50. The van der Waals surface area contributed by atoms with Gasteiger partial charge in [0, 0.05) is 26.3 Å². The average Bonchev–Trinajstić information content (AvgIpc) is 2.45. The monoisotopic (exact) mass is 291 g/mol. The Hall–Kier alpha value is -2.11. The van der Waals surface area contributed by atoms with Crippen LogP contribution in [0.3, 0.4) is 0 Å². The smallest absolute Gasteiger partial charge is 0.339 e. The van der Waals surface area contributed by atoms with E-state index >= 15 is 0 Å². The van der Waals surface area contributed by atoms with Crippen molar-refractivity contribution in [2.24, 2.45) is 0 Å². The Morgan fingerprint density at radius 3 is 2.67 bits per heavy atom. The maximum absolute atomic E-state index is 12.3. The lowest BCUT2D eigenvalue weighted by molar-refractivity contribution is -0.136. The van der Waals surface area contributed by atoms with E-state index in [1.807, 2.05) is 18.7 Å². The first-order valence-electron chi connectivity index (χ1n) is 7.04. The number of ether oxygens (including phenoxy) is 1.